The Morgan fingerprint density at radius 2 is 1.68 bits per heavy atom. The van der Waals surface area contributed by atoms with Crippen molar-refractivity contribution in [1.29, 1.82) is 0 Å². The molecule has 0 spiro atoms. The first kappa shape index (κ1) is 12.0. The molecule has 0 bridgehead atoms. The summed E-state index contributed by atoms with van der Waals surface area (Å²) in [6, 6.07) is 15.7. The molecule has 19 heavy (non-hydrogen) atoms. The van der Waals surface area contributed by atoms with E-state index in [0.29, 0.717) is 13.2 Å². The summed E-state index contributed by atoms with van der Waals surface area (Å²) in [7, 11) is 0. The molecule has 0 amide bonds. The Labute approximate surface area is 112 Å². The number of rotatable bonds is 3. The van der Waals surface area contributed by atoms with Crippen LogP contribution in [0.2, 0.25) is 0 Å². The molecule has 1 aliphatic rings. The predicted octanol–water partition coefficient (Wildman–Crippen LogP) is 3.06. The fourth-order valence-electron chi connectivity index (χ4n) is 2.06. The number of anilines is 3. The van der Waals surface area contributed by atoms with Gasteiger partial charge in [-0.25, -0.2) is 0 Å². The lowest BCUT2D eigenvalue weighted by molar-refractivity contribution is -0.0441. The van der Waals surface area contributed by atoms with Gasteiger partial charge in [0, 0.05) is 22.6 Å². The summed E-state index contributed by atoms with van der Waals surface area (Å²) in [5.74, 6) is 0. The first-order chi connectivity index (χ1) is 9.31. The molecule has 0 radical (unpaired) electrons. The minimum Gasteiger partial charge on any atom is -0.399 e. The Hall–Kier alpha value is -2.04. The molecule has 1 aliphatic heterocycles. The number of ether oxygens (including phenoxy) is 2. The monoisotopic (exact) mass is 256 g/mol. The van der Waals surface area contributed by atoms with Gasteiger partial charge in [0.15, 0.2) is 6.29 Å². The van der Waals surface area contributed by atoms with Crippen LogP contribution in [0.15, 0.2) is 48.5 Å². The Kier molecular flexibility index (Phi) is 3.35. The van der Waals surface area contributed by atoms with Crippen LogP contribution < -0.4 is 11.1 Å². The van der Waals surface area contributed by atoms with Gasteiger partial charge < -0.3 is 20.5 Å². The third-order valence-electron chi connectivity index (χ3n) is 2.98. The molecule has 4 nitrogen and oxygen atoms in total. The largest absolute Gasteiger partial charge is 0.399 e. The Morgan fingerprint density at radius 1 is 0.947 bits per heavy atom. The molecule has 0 unspecified atom stereocenters. The second kappa shape index (κ2) is 5.30. The lowest BCUT2D eigenvalue weighted by atomic mass is 10.2. The van der Waals surface area contributed by atoms with Crippen molar-refractivity contribution in [1.82, 2.24) is 0 Å². The molecule has 1 heterocycles. The van der Waals surface area contributed by atoms with Gasteiger partial charge in [-0.3, -0.25) is 0 Å². The molecule has 2 aromatic rings. The highest BCUT2D eigenvalue weighted by molar-refractivity contribution is 5.63. The highest BCUT2D eigenvalue weighted by Gasteiger charge is 2.17. The lowest BCUT2D eigenvalue weighted by Crippen LogP contribution is -1.98. The summed E-state index contributed by atoms with van der Waals surface area (Å²) in [5.41, 5.74) is 9.51. The van der Waals surface area contributed by atoms with Crippen molar-refractivity contribution in [3.8, 4) is 0 Å². The van der Waals surface area contributed by atoms with Crippen LogP contribution in [0.4, 0.5) is 17.1 Å². The van der Waals surface area contributed by atoms with E-state index in [9.17, 15) is 0 Å². The van der Waals surface area contributed by atoms with Gasteiger partial charge in [0.1, 0.15) is 0 Å². The minimum absolute atomic E-state index is 0.221. The average Bonchev–Trinajstić information content (AvgIpc) is 2.94. The van der Waals surface area contributed by atoms with Gasteiger partial charge in [-0.1, -0.05) is 18.2 Å². The minimum atomic E-state index is -0.221. The van der Waals surface area contributed by atoms with Crippen LogP contribution in [-0.2, 0) is 9.47 Å². The summed E-state index contributed by atoms with van der Waals surface area (Å²) in [6.45, 7) is 1.32. The van der Waals surface area contributed by atoms with E-state index in [0.717, 1.165) is 22.6 Å². The number of nitrogen functional groups attached to an aromatic ring is 1. The molecular weight excluding hydrogens is 240 g/mol. The lowest BCUT2D eigenvalue weighted by Gasteiger charge is -2.11. The molecule has 3 rings (SSSR count). The summed E-state index contributed by atoms with van der Waals surface area (Å²) < 4.78 is 10.9. The van der Waals surface area contributed by atoms with Gasteiger partial charge in [-0.15, -0.1) is 0 Å². The summed E-state index contributed by atoms with van der Waals surface area (Å²) >= 11 is 0. The SMILES string of the molecule is Nc1cccc(Nc2ccc(C3OCCO3)cc2)c1. The zero-order valence-corrected chi connectivity index (χ0v) is 10.5. The van der Waals surface area contributed by atoms with Gasteiger partial charge in [-0.2, -0.15) is 0 Å². The molecule has 1 fully saturated rings. The van der Waals surface area contributed by atoms with Gasteiger partial charge in [0.05, 0.1) is 13.2 Å². The molecule has 0 aromatic heterocycles. The van der Waals surface area contributed by atoms with Crippen molar-refractivity contribution in [2.24, 2.45) is 0 Å². The summed E-state index contributed by atoms with van der Waals surface area (Å²) in [6.07, 6.45) is -0.221. The first-order valence-corrected chi connectivity index (χ1v) is 6.27. The van der Waals surface area contributed by atoms with Crippen molar-refractivity contribution in [3.63, 3.8) is 0 Å². The van der Waals surface area contributed by atoms with Gasteiger partial charge >= 0.3 is 0 Å². The standard InChI is InChI=1S/C15H16N2O2/c16-12-2-1-3-14(10-12)17-13-6-4-11(5-7-13)15-18-8-9-19-15/h1-7,10,15,17H,8-9,16H2. The third-order valence-corrected chi connectivity index (χ3v) is 2.98. The van der Waals surface area contributed by atoms with Crippen molar-refractivity contribution in [2.75, 3.05) is 24.3 Å². The molecule has 4 heteroatoms. The van der Waals surface area contributed by atoms with E-state index in [1.807, 2.05) is 48.5 Å². The Morgan fingerprint density at radius 3 is 2.37 bits per heavy atom. The maximum Gasteiger partial charge on any atom is 0.184 e. The second-order valence-corrected chi connectivity index (χ2v) is 4.45. The van der Waals surface area contributed by atoms with E-state index >= 15 is 0 Å². The Balaban J connectivity index is 1.72. The number of benzene rings is 2. The van der Waals surface area contributed by atoms with Crippen LogP contribution in [0.3, 0.4) is 0 Å². The fraction of sp³-hybridized carbons (Fsp3) is 0.200. The average molecular weight is 256 g/mol. The fourth-order valence-corrected chi connectivity index (χ4v) is 2.06. The zero-order chi connectivity index (χ0) is 13.1. The normalized spacial score (nSPS) is 15.6. The maximum atomic E-state index is 5.75. The number of nitrogens with two attached hydrogens (primary N) is 1. The molecular formula is C15H16N2O2. The highest BCUT2D eigenvalue weighted by atomic mass is 16.7. The van der Waals surface area contributed by atoms with Crippen molar-refractivity contribution in [2.45, 2.75) is 6.29 Å². The first-order valence-electron chi connectivity index (χ1n) is 6.27. The van der Waals surface area contributed by atoms with E-state index < -0.39 is 0 Å². The summed E-state index contributed by atoms with van der Waals surface area (Å²) in [5, 5.41) is 3.30. The highest BCUT2D eigenvalue weighted by Crippen LogP contribution is 2.25. The van der Waals surface area contributed by atoms with Gasteiger partial charge in [-0.05, 0) is 30.3 Å². The van der Waals surface area contributed by atoms with Crippen LogP contribution in [0.1, 0.15) is 11.9 Å². The molecule has 2 aromatic carbocycles. The van der Waals surface area contributed by atoms with Crippen molar-refractivity contribution in [3.05, 3.63) is 54.1 Å². The second-order valence-electron chi connectivity index (χ2n) is 4.45. The number of nitrogens with one attached hydrogen (secondary N) is 1. The van der Waals surface area contributed by atoms with Crippen LogP contribution in [-0.4, -0.2) is 13.2 Å². The molecule has 1 saturated heterocycles. The van der Waals surface area contributed by atoms with Crippen molar-refractivity contribution >= 4 is 17.1 Å². The molecule has 0 aliphatic carbocycles. The van der Waals surface area contributed by atoms with Crippen LogP contribution >= 0.6 is 0 Å². The van der Waals surface area contributed by atoms with Crippen LogP contribution in [0.5, 0.6) is 0 Å². The van der Waals surface area contributed by atoms with E-state index in [4.69, 9.17) is 15.2 Å². The van der Waals surface area contributed by atoms with Crippen LogP contribution in [0, 0.1) is 0 Å². The van der Waals surface area contributed by atoms with E-state index in [1.165, 1.54) is 0 Å². The number of hydrogen-bond acceptors (Lipinski definition) is 4. The van der Waals surface area contributed by atoms with Crippen molar-refractivity contribution < 1.29 is 9.47 Å². The van der Waals surface area contributed by atoms with E-state index in [-0.39, 0.29) is 6.29 Å². The molecule has 3 N–H and O–H groups in total. The topological polar surface area (TPSA) is 56.5 Å². The molecule has 0 saturated carbocycles. The summed E-state index contributed by atoms with van der Waals surface area (Å²) in [4.78, 5) is 0. The van der Waals surface area contributed by atoms with E-state index in [1.54, 1.807) is 0 Å². The smallest absolute Gasteiger partial charge is 0.184 e. The zero-order valence-electron chi connectivity index (χ0n) is 10.5. The number of hydrogen-bond donors (Lipinski definition) is 2. The van der Waals surface area contributed by atoms with Gasteiger partial charge in [0.2, 0.25) is 0 Å². The maximum absolute atomic E-state index is 5.75. The third kappa shape index (κ3) is 2.86. The predicted molar refractivity (Wildman–Crippen MR) is 75.2 cm³/mol. The van der Waals surface area contributed by atoms with Gasteiger partial charge in [0.25, 0.3) is 0 Å². The quantitative estimate of drug-likeness (QED) is 0.829. The molecule has 98 valence electrons. The Bertz CT molecular complexity index is 548. The van der Waals surface area contributed by atoms with E-state index in [2.05, 4.69) is 5.32 Å². The molecule has 0 atom stereocenters. The van der Waals surface area contributed by atoms with Crippen LogP contribution in [0.25, 0.3) is 0 Å².